The molecular formula is C13H27N3O. The molecule has 17 heavy (non-hydrogen) atoms. The minimum absolute atomic E-state index is 0.441. The Morgan fingerprint density at radius 3 is 2.76 bits per heavy atom. The zero-order chi connectivity index (χ0) is 12.1. The van der Waals surface area contributed by atoms with Crippen LogP contribution in [0.4, 0.5) is 0 Å². The lowest BCUT2D eigenvalue weighted by Gasteiger charge is -2.32. The van der Waals surface area contributed by atoms with Gasteiger partial charge in [-0.3, -0.25) is 0 Å². The zero-order valence-electron chi connectivity index (χ0n) is 11.0. The van der Waals surface area contributed by atoms with Crippen molar-refractivity contribution in [3.05, 3.63) is 0 Å². The summed E-state index contributed by atoms with van der Waals surface area (Å²) in [6, 6.07) is 2.21. The molecule has 0 aromatic heterocycles. The summed E-state index contributed by atoms with van der Waals surface area (Å²) < 4.78 is 5.48. The van der Waals surface area contributed by atoms with Crippen LogP contribution in [0.2, 0.25) is 0 Å². The highest BCUT2D eigenvalue weighted by Gasteiger charge is 2.21. The molecule has 1 saturated carbocycles. The lowest BCUT2D eigenvalue weighted by atomic mass is 9.91. The third-order valence-electron chi connectivity index (χ3n) is 3.93. The fraction of sp³-hybridized carbons (Fsp3) is 1.00. The molecule has 2 aliphatic rings. The van der Waals surface area contributed by atoms with Crippen LogP contribution in [0, 0.1) is 0 Å². The number of hydrogen-bond acceptors (Lipinski definition) is 4. The third kappa shape index (κ3) is 4.54. The van der Waals surface area contributed by atoms with Crippen LogP contribution in [0.1, 0.15) is 39.0 Å². The van der Waals surface area contributed by atoms with Crippen molar-refractivity contribution in [3.8, 4) is 0 Å². The highest BCUT2D eigenvalue weighted by atomic mass is 16.5. The van der Waals surface area contributed by atoms with Gasteiger partial charge in [0.15, 0.2) is 0 Å². The zero-order valence-corrected chi connectivity index (χ0v) is 11.0. The van der Waals surface area contributed by atoms with Gasteiger partial charge in [-0.05, 0) is 39.0 Å². The lowest BCUT2D eigenvalue weighted by Crippen LogP contribution is -2.47. The van der Waals surface area contributed by atoms with Crippen LogP contribution in [0.15, 0.2) is 0 Å². The first kappa shape index (κ1) is 13.3. The van der Waals surface area contributed by atoms with E-state index in [1.165, 1.54) is 25.7 Å². The average molecular weight is 241 g/mol. The fourth-order valence-corrected chi connectivity index (χ4v) is 2.95. The maximum atomic E-state index is 5.92. The molecule has 2 atom stereocenters. The highest BCUT2D eigenvalue weighted by Crippen LogP contribution is 2.18. The second-order valence-corrected chi connectivity index (χ2v) is 5.64. The van der Waals surface area contributed by atoms with Gasteiger partial charge < -0.3 is 21.1 Å². The summed E-state index contributed by atoms with van der Waals surface area (Å²) in [5, 5.41) is 7.24. The standard InChI is InChI=1S/C13H27N3O/c1-10(8-13-9-17-7-6-15-13)16-12-4-2-11(14)3-5-12/h10-13,15-16H,2-9,14H2,1H3. The minimum atomic E-state index is 0.441. The molecule has 4 N–H and O–H groups in total. The summed E-state index contributed by atoms with van der Waals surface area (Å²) in [5.74, 6) is 0. The molecule has 2 rings (SSSR count). The monoisotopic (exact) mass is 241 g/mol. The quantitative estimate of drug-likeness (QED) is 0.675. The summed E-state index contributed by atoms with van der Waals surface area (Å²) in [6.07, 6.45) is 5.98. The van der Waals surface area contributed by atoms with Crippen LogP contribution in [-0.2, 0) is 4.74 Å². The molecule has 1 aliphatic heterocycles. The number of hydrogen-bond donors (Lipinski definition) is 3. The maximum absolute atomic E-state index is 5.92. The number of nitrogens with two attached hydrogens (primary N) is 1. The minimum Gasteiger partial charge on any atom is -0.379 e. The number of ether oxygens (including phenoxy) is 1. The van der Waals surface area contributed by atoms with E-state index >= 15 is 0 Å². The molecule has 2 fully saturated rings. The molecule has 4 nitrogen and oxygen atoms in total. The molecule has 0 aromatic carbocycles. The highest BCUT2D eigenvalue weighted by molar-refractivity contribution is 4.83. The summed E-state index contributed by atoms with van der Waals surface area (Å²) in [7, 11) is 0. The summed E-state index contributed by atoms with van der Waals surface area (Å²) in [5.41, 5.74) is 5.92. The molecule has 0 spiro atoms. The fourth-order valence-electron chi connectivity index (χ4n) is 2.95. The molecule has 0 radical (unpaired) electrons. The SMILES string of the molecule is CC(CC1COCCN1)NC1CCC(N)CC1. The van der Waals surface area contributed by atoms with Crippen molar-refractivity contribution in [2.75, 3.05) is 19.8 Å². The predicted octanol–water partition coefficient (Wildman–Crippen LogP) is 0.613. The van der Waals surface area contributed by atoms with E-state index in [1.807, 2.05) is 0 Å². The Labute approximate surface area is 105 Å². The van der Waals surface area contributed by atoms with Crippen LogP contribution in [0.5, 0.6) is 0 Å². The number of nitrogens with one attached hydrogen (secondary N) is 2. The van der Waals surface area contributed by atoms with Crippen molar-refractivity contribution in [2.45, 2.75) is 63.2 Å². The van der Waals surface area contributed by atoms with Crippen molar-refractivity contribution in [2.24, 2.45) is 5.73 Å². The van der Waals surface area contributed by atoms with Gasteiger partial charge in [0, 0.05) is 30.7 Å². The maximum Gasteiger partial charge on any atom is 0.0620 e. The Kier molecular flexibility index (Phi) is 5.22. The summed E-state index contributed by atoms with van der Waals surface area (Å²) in [6.45, 7) is 5.00. The van der Waals surface area contributed by atoms with Gasteiger partial charge in [0.2, 0.25) is 0 Å². The van der Waals surface area contributed by atoms with Crippen LogP contribution in [-0.4, -0.2) is 43.9 Å². The molecule has 1 saturated heterocycles. The Morgan fingerprint density at radius 2 is 2.12 bits per heavy atom. The van der Waals surface area contributed by atoms with E-state index in [9.17, 15) is 0 Å². The Balaban J connectivity index is 1.64. The Hall–Kier alpha value is -0.160. The van der Waals surface area contributed by atoms with Crippen molar-refractivity contribution in [1.29, 1.82) is 0 Å². The molecule has 2 unspecified atom stereocenters. The number of rotatable bonds is 4. The molecule has 0 aromatic rings. The van der Waals surface area contributed by atoms with Gasteiger partial charge >= 0.3 is 0 Å². The van der Waals surface area contributed by atoms with Gasteiger partial charge in [0.25, 0.3) is 0 Å². The lowest BCUT2D eigenvalue weighted by molar-refractivity contribution is 0.0704. The van der Waals surface area contributed by atoms with Gasteiger partial charge in [-0.2, -0.15) is 0 Å². The number of morpholine rings is 1. The first-order valence-corrected chi connectivity index (χ1v) is 7.07. The van der Waals surface area contributed by atoms with E-state index in [2.05, 4.69) is 17.6 Å². The Bertz CT molecular complexity index is 211. The first-order valence-electron chi connectivity index (χ1n) is 7.07. The summed E-state index contributed by atoms with van der Waals surface area (Å²) in [4.78, 5) is 0. The van der Waals surface area contributed by atoms with Crippen molar-refractivity contribution < 1.29 is 4.74 Å². The van der Waals surface area contributed by atoms with Gasteiger partial charge in [-0.25, -0.2) is 0 Å². The molecular weight excluding hydrogens is 214 g/mol. The topological polar surface area (TPSA) is 59.3 Å². The molecule has 0 bridgehead atoms. The van der Waals surface area contributed by atoms with Crippen molar-refractivity contribution in [1.82, 2.24) is 10.6 Å². The van der Waals surface area contributed by atoms with E-state index in [0.29, 0.717) is 24.2 Å². The molecule has 100 valence electrons. The van der Waals surface area contributed by atoms with Crippen LogP contribution < -0.4 is 16.4 Å². The van der Waals surface area contributed by atoms with Crippen LogP contribution in [0.25, 0.3) is 0 Å². The first-order chi connectivity index (χ1) is 8.24. The second-order valence-electron chi connectivity index (χ2n) is 5.64. The van der Waals surface area contributed by atoms with Gasteiger partial charge in [0.1, 0.15) is 0 Å². The van der Waals surface area contributed by atoms with Crippen molar-refractivity contribution in [3.63, 3.8) is 0 Å². The largest absolute Gasteiger partial charge is 0.379 e. The molecule has 1 aliphatic carbocycles. The van der Waals surface area contributed by atoms with Crippen molar-refractivity contribution >= 4 is 0 Å². The van der Waals surface area contributed by atoms with Gasteiger partial charge in [-0.1, -0.05) is 0 Å². The van der Waals surface area contributed by atoms with E-state index in [4.69, 9.17) is 10.5 Å². The van der Waals surface area contributed by atoms with Crippen LogP contribution >= 0.6 is 0 Å². The van der Waals surface area contributed by atoms with E-state index in [0.717, 1.165) is 26.2 Å². The predicted molar refractivity (Wildman–Crippen MR) is 70.1 cm³/mol. The smallest absolute Gasteiger partial charge is 0.0620 e. The van der Waals surface area contributed by atoms with E-state index in [1.54, 1.807) is 0 Å². The molecule has 4 heteroatoms. The molecule has 1 heterocycles. The Morgan fingerprint density at radius 1 is 1.35 bits per heavy atom. The van der Waals surface area contributed by atoms with E-state index in [-0.39, 0.29) is 0 Å². The van der Waals surface area contributed by atoms with E-state index < -0.39 is 0 Å². The molecule has 0 amide bonds. The third-order valence-corrected chi connectivity index (χ3v) is 3.93. The van der Waals surface area contributed by atoms with Gasteiger partial charge in [0.05, 0.1) is 13.2 Å². The average Bonchev–Trinajstić information content (AvgIpc) is 2.33. The second kappa shape index (κ2) is 6.69. The normalized spacial score (nSPS) is 36.7. The van der Waals surface area contributed by atoms with Crippen LogP contribution in [0.3, 0.4) is 0 Å². The van der Waals surface area contributed by atoms with Gasteiger partial charge in [-0.15, -0.1) is 0 Å². The summed E-state index contributed by atoms with van der Waals surface area (Å²) >= 11 is 0.